The molecule has 0 saturated heterocycles. The van der Waals surface area contributed by atoms with Crippen molar-refractivity contribution in [2.45, 2.75) is 23.7 Å². The van der Waals surface area contributed by atoms with E-state index < -0.39 is 15.9 Å². The van der Waals surface area contributed by atoms with Gasteiger partial charge in [-0.1, -0.05) is 35.6 Å². The summed E-state index contributed by atoms with van der Waals surface area (Å²) in [7, 11) is -3.74. The lowest BCUT2D eigenvalue weighted by molar-refractivity contribution is -0.114. The van der Waals surface area contributed by atoms with E-state index in [0.29, 0.717) is 22.1 Å². The first-order valence-electron chi connectivity index (χ1n) is 8.22. The molecule has 5 rings (SSSR count). The molecule has 1 aliphatic heterocycles. The summed E-state index contributed by atoms with van der Waals surface area (Å²) in [5.74, 6) is 0.0288. The maximum Gasteiger partial charge on any atom is 0.265 e. The second-order valence-electron chi connectivity index (χ2n) is 6.41. The second-order valence-corrected chi connectivity index (χ2v) is 9.25. The molecule has 7 nitrogen and oxygen atoms in total. The molecule has 2 aliphatic rings. The molecule has 2 aromatic carbocycles. The van der Waals surface area contributed by atoms with Gasteiger partial charge in [-0.25, -0.2) is 8.42 Å². The summed E-state index contributed by atoms with van der Waals surface area (Å²) in [6.45, 7) is -0.297. The van der Waals surface area contributed by atoms with E-state index in [1.165, 1.54) is 11.3 Å². The van der Waals surface area contributed by atoms with E-state index in [1.54, 1.807) is 24.3 Å². The van der Waals surface area contributed by atoms with Crippen LogP contribution in [-0.4, -0.2) is 31.1 Å². The summed E-state index contributed by atoms with van der Waals surface area (Å²) in [6.07, 6.45) is 2.22. The number of aromatic nitrogens is 2. The molecule has 0 unspecified atom stereocenters. The fraction of sp³-hybridized carbons (Fsp3) is 0.235. The van der Waals surface area contributed by atoms with Gasteiger partial charge in [0.15, 0.2) is 0 Å². The van der Waals surface area contributed by atoms with Gasteiger partial charge >= 0.3 is 0 Å². The Kier molecular flexibility index (Phi) is 3.32. The van der Waals surface area contributed by atoms with Crippen LogP contribution in [0.25, 0.3) is 10.8 Å². The van der Waals surface area contributed by atoms with Crippen molar-refractivity contribution in [3.05, 3.63) is 41.4 Å². The van der Waals surface area contributed by atoms with Crippen molar-refractivity contribution in [2.75, 3.05) is 16.2 Å². The normalized spacial score (nSPS) is 17.6. The van der Waals surface area contributed by atoms with Gasteiger partial charge in [-0.05, 0) is 30.4 Å². The zero-order valence-electron chi connectivity index (χ0n) is 13.5. The first-order chi connectivity index (χ1) is 12.5. The lowest BCUT2D eigenvalue weighted by atomic mass is 10.1. The Morgan fingerprint density at radius 3 is 2.73 bits per heavy atom. The van der Waals surface area contributed by atoms with Crippen LogP contribution in [0.4, 0.5) is 10.8 Å². The smallest absolute Gasteiger partial charge is 0.265 e. The number of rotatable bonds is 4. The molecule has 3 aromatic rings. The average molecular weight is 386 g/mol. The van der Waals surface area contributed by atoms with Crippen molar-refractivity contribution in [2.24, 2.45) is 0 Å². The standard InChI is InChI=1S/C17H14N4O3S2/c22-14(18-17-20-19-16(25-17)11-7-8-11)9-21-12-5-1-3-10-4-2-6-13(15(10)12)26(21,23)24/h1-6,11H,7-9H2,(H,18,20,22). The van der Waals surface area contributed by atoms with Crippen LogP contribution in [0.1, 0.15) is 23.8 Å². The number of carbonyl (C=O) groups is 1. The Balaban J connectivity index is 1.43. The van der Waals surface area contributed by atoms with Gasteiger partial charge in [0, 0.05) is 11.3 Å². The number of hydrogen-bond acceptors (Lipinski definition) is 6. The number of sulfonamides is 1. The fourth-order valence-corrected chi connectivity index (χ4v) is 5.79. The number of benzene rings is 2. The van der Waals surface area contributed by atoms with Gasteiger partial charge in [0.2, 0.25) is 11.0 Å². The maximum atomic E-state index is 12.9. The average Bonchev–Trinajstić information content (AvgIpc) is 3.33. The van der Waals surface area contributed by atoms with Crippen molar-refractivity contribution in [1.29, 1.82) is 0 Å². The Morgan fingerprint density at radius 2 is 1.96 bits per heavy atom. The molecule has 1 N–H and O–H groups in total. The van der Waals surface area contributed by atoms with E-state index in [1.807, 2.05) is 12.1 Å². The predicted molar refractivity (Wildman–Crippen MR) is 99.0 cm³/mol. The predicted octanol–water partition coefficient (Wildman–Crippen LogP) is 2.72. The molecule has 0 spiro atoms. The topological polar surface area (TPSA) is 92.3 Å². The highest BCUT2D eigenvalue weighted by atomic mass is 32.2. The summed E-state index contributed by atoms with van der Waals surface area (Å²) in [5, 5.41) is 13.5. The van der Waals surface area contributed by atoms with Crippen LogP contribution in [0.15, 0.2) is 41.3 Å². The summed E-state index contributed by atoms with van der Waals surface area (Å²) in [6, 6.07) is 10.5. The quantitative estimate of drug-likeness (QED) is 0.744. The van der Waals surface area contributed by atoms with E-state index in [-0.39, 0.29) is 11.4 Å². The lowest BCUT2D eigenvalue weighted by Crippen LogP contribution is -2.35. The van der Waals surface area contributed by atoms with E-state index in [0.717, 1.165) is 27.5 Å². The molecule has 9 heteroatoms. The van der Waals surface area contributed by atoms with Crippen molar-refractivity contribution in [1.82, 2.24) is 10.2 Å². The van der Waals surface area contributed by atoms with Crippen LogP contribution in [0.5, 0.6) is 0 Å². The number of anilines is 2. The Morgan fingerprint density at radius 1 is 1.19 bits per heavy atom. The van der Waals surface area contributed by atoms with E-state index in [4.69, 9.17) is 0 Å². The van der Waals surface area contributed by atoms with E-state index in [9.17, 15) is 13.2 Å². The molecule has 0 radical (unpaired) electrons. The monoisotopic (exact) mass is 386 g/mol. The van der Waals surface area contributed by atoms with E-state index >= 15 is 0 Å². The Bertz CT molecular complexity index is 1150. The highest BCUT2D eigenvalue weighted by Crippen LogP contribution is 2.43. The third-order valence-corrected chi connectivity index (χ3v) is 7.39. The lowest BCUT2D eigenvalue weighted by Gasteiger charge is -2.17. The van der Waals surface area contributed by atoms with Crippen molar-refractivity contribution < 1.29 is 13.2 Å². The number of amides is 1. The SMILES string of the molecule is O=C(CN1c2cccc3cccc(c23)S1(=O)=O)Nc1nnc(C2CC2)s1. The maximum absolute atomic E-state index is 12.9. The van der Waals surface area contributed by atoms with Crippen LogP contribution in [-0.2, 0) is 14.8 Å². The van der Waals surface area contributed by atoms with Crippen LogP contribution < -0.4 is 9.62 Å². The highest BCUT2D eigenvalue weighted by Gasteiger charge is 2.36. The van der Waals surface area contributed by atoms with Crippen LogP contribution >= 0.6 is 11.3 Å². The molecule has 1 aromatic heterocycles. The first kappa shape index (κ1) is 15.7. The molecule has 132 valence electrons. The largest absolute Gasteiger partial charge is 0.299 e. The van der Waals surface area contributed by atoms with Gasteiger partial charge < -0.3 is 0 Å². The molecular formula is C17H14N4O3S2. The number of nitrogens with zero attached hydrogens (tertiary/aromatic N) is 3. The number of hydrogen-bond donors (Lipinski definition) is 1. The molecule has 26 heavy (non-hydrogen) atoms. The Labute approximate surface area is 153 Å². The van der Waals surface area contributed by atoms with Gasteiger partial charge in [0.1, 0.15) is 11.6 Å². The van der Waals surface area contributed by atoms with Gasteiger partial charge in [-0.2, -0.15) is 0 Å². The fourth-order valence-electron chi connectivity index (χ4n) is 3.20. The van der Waals surface area contributed by atoms with Crippen LogP contribution in [0, 0.1) is 0 Å². The Hall–Kier alpha value is -2.52. The van der Waals surface area contributed by atoms with Crippen LogP contribution in [0.3, 0.4) is 0 Å². The molecule has 1 aliphatic carbocycles. The van der Waals surface area contributed by atoms with Gasteiger partial charge in [-0.15, -0.1) is 10.2 Å². The molecule has 2 heterocycles. The molecule has 0 atom stereocenters. The van der Waals surface area contributed by atoms with E-state index in [2.05, 4.69) is 15.5 Å². The summed E-state index contributed by atoms with van der Waals surface area (Å²) >= 11 is 1.35. The second kappa shape index (κ2) is 5.49. The highest BCUT2D eigenvalue weighted by molar-refractivity contribution is 7.93. The minimum Gasteiger partial charge on any atom is -0.299 e. The third kappa shape index (κ3) is 2.38. The molecule has 1 amide bonds. The summed E-state index contributed by atoms with van der Waals surface area (Å²) in [5.41, 5.74) is 0.532. The molecule has 1 fully saturated rings. The summed E-state index contributed by atoms with van der Waals surface area (Å²) < 4.78 is 26.9. The molecular weight excluding hydrogens is 372 g/mol. The molecule has 1 saturated carbocycles. The minimum atomic E-state index is -3.74. The molecule has 0 bridgehead atoms. The van der Waals surface area contributed by atoms with Gasteiger partial charge in [0.25, 0.3) is 10.0 Å². The van der Waals surface area contributed by atoms with Crippen LogP contribution in [0.2, 0.25) is 0 Å². The summed E-state index contributed by atoms with van der Waals surface area (Å²) in [4.78, 5) is 12.7. The minimum absolute atomic E-state index is 0.241. The van der Waals surface area contributed by atoms with Crippen molar-refractivity contribution in [3.63, 3.8) is 0 Å². The first-order valence-corrected chi connectivity index (χ1v) is 10.5. The van der Waals surface area contributed by atoms with Gasteiger partial charge in [0.05, 0.1) is 10.6 Å². The van der Waals surface area contributed by atoms with Gasteiger partial charge in [-0.3, -0.25) is 14.4 Å². The number of carbonyl (C=O) groups excluding carboxylic acids is 1. The van der Waals surface area contributed by atoms with Crippen molar-refractivity contribution in [3.8, 4) is 0 Å². The number of nitrogens with one attached hydrogen (secondary N) is 1. The van der Waals surface area contributed by atoms with Crippen molar-refractivity contribution >= 4 is 48.9 Å². The zero-order chi connectivity index (χ0) is 17.9. The zero-order valence-corrected chi connectivity index (χ0v) is 15.2. The third-order valence-electron chi connectivity index (χ3n) is 4.58.